The van der Waals surface area contributed by atoms with Gasteiger partial charge in [0.2, 0.25) is 5.91 Å². The van der Waals surface area contributed by atoms with Crippen molar-refractivity contribution in [3.05, 3.63) is 21.9 Å². The number of rotatable bonds is 7. The summed E-state index contributed by atoms with van der Waals surface area (Å²) in [6.07, 6.45) is 3.63. The molecular weight excluding hydrogens is 272 g/mol. The van der Waals surface area contributed by atoms with Gasteiger partial charge < -0.3 is 9.64 Å². The van der Waals surface area contributed by atoms with Crippen LogP contribution in [0.2, 0.25) is 0 Å². The van der Waals surface area contributed by atoms with Crippen molar-refractivity contribution >= 4 is 17.2 Å². The van der Waals surface area contributed by atoms with E-state index in [9.17, 15) is 4.79 Å². The number of nitrogens with one attached hydrogen (secondary N) is 1. The van der Waals surface area contributed by atoms with Crippen LogP contribution >= 0.6 is 11.3 Å². The van der Waals surface area contributed by atoms with E-state index in [-0.39, 0.29) is 12.1 Å². The Kier molecular flexibility index (Phi) is 4.38. The van der Waals surface area contributed by atoms with Gasteiger partial charge in [0, 0.05) is 29.5 Å². The topological polar surface area (TPSA) is 41.6 Å². The lowest BCUT2D eigenvalue weighted by atomic mass is 10.3. The molecule has 2 fully saturated rings. The highest BCUT2D eigenvalue weighted by molar-refractivity contribution is 7.12. The highest BCUT2D eigenvalue weighted by Gasteiger charge is 2.31. The zero-order valence-corrected chi connectivity index (χ0v) is 12.7. The van der Waals surface area contributed by atoms with Crippen molar-refractivity contribution in [2.45, 2.75) is 32.4 Å². The number of ether oxygens (including phenoxy) is 1. The van der Waals surface area contributed by atoms with Gasteiger partial charge in [-0.3, -0.25) is 10.1 Å². The van der Waals surface area contributed by atoms with Gasteiger partial charge in [0.05, 0.1) is 6.54 Å². The van der Waals surface area contributed by atoms with E-state index < -0.39 is 0 Å². The van der Waals surface area contributed by atoms with E-state index in [1.165, 1.54) is 22.6 Å². The molecule has 1 atom stereocenters. The average molecular weight is 294 g/mol. The minimum absolute atomic E-state index is 0.0598. The highest BCUT2D eigenvalue weighted by Crippen LogP contribution is 2.29. The lowest BCUT2D eigenvalue weighted by molar-refractivity contribution is -0.128. The van der Waals surface area contributed by atoms with Gasteiger partial charge in [-0.05, 0) is 44.2 Å². The van der Waals surface area contributed by atoms with Gasteiger partial charge in [0.25, 0.3) is 0 Å². The summed E-state index contributed by atoms with van der Waals surface area (Å²) in [5, 5.41) is 3.30. The third-order valence-corrected chi connectivity index (χ3v) is 4.90. The van der Waals surface area contributed by atoms with Crippen LogP contribution < -0.4 is 5.32 Å². The second kappa shape index (κ2) is 6.24. The fourth-order valence-corrected chi connectivity index (χ4v) is 3.49. The summed E-state index contributed by atoms with van der Waals surface area (Å²) in [6, 6.07) is 4.23. The summed E-state index contributed by atoms with van der Waals surface area (Å²) < 4.78 is 5.64. The lowest BCUT2D eigenvalue weighted by Crippen LogP contribution is -2.31. The Morgan fingerprint density at radius 1 is 1.45 bits per heavy atom. The van der Waals surface area contributed by atoms with Crippen LogP contribution in [-0.2, 0) is 9.53 Å². The second-order valence-electron chi connectivity index (χ2n) is 5.69. The van der Waals surface area contributed by atoms with Crippen molar-refractivity contribution in [2.24, 2.45) is 5.92 Å². The van der Waals surface area contributed by atoms with E-state index in [1.54, 1.807) is 11.3 Å². The van der Waals surface area contributed by atoms with E-state index in [4.69, 9.17) is 4.74 Å². The molecule has 1 aromatic heterocycles. The van der Waals surface area contributed by atoms with Crippen LogP contribution in [0.3, 0.4) is 0 Å². The SMILES string of the molecule is Cc1ccc(C2NCC(=O)N2CCCOCC2CC2)s1. The van der Waals surface area contributed by atoms with Crippen LogP contribution in [0.4, 0.5) is 0 Å². The third-order valence-electron chi connectivity index (χ3n) is 3.85. The predicted molar refractivity (Wildman–Crippen MR) is 79.7 cm³/mol. The largest absolute Gasteiger partial charge is 0.381 e. The number of carbonyl (C=O) groups is 1. The lowest BCUT2D eigenvalue weighted by Gasteiger charge is -2.23. The Hall–Kier alpha value is -0.910. The summed E-state index contributed by atoms with van der Waals surface area (Å²) >= 11 is 1.76. The maximum Gasteiger partial charge on any atom is 0.238 e. The van der Waals surface area contributed by atoms with Crippen molar-refractivity contribution in [1.29, 1.82) is 0 Å². The Morgan fingerprint density at radius 3 is 3.00 bits per heavy atom. The van der Waals surface area contributed by atoms with Gasteiger partial charge in [0.15, 0.2) is 0 Å². The molecule has 0 bridgehead atoms. The maximum absolute atomic E-state index is 12.0. The number of hydrogen-bond donors (Lipinski definition) is 1. The smallest absolute Gasteiger partial charge is 0.238 e. The van der Waals surface area contributed by atoms with Crippen LogP contribution in [0.15, 0.2) is 12.1 Å². The molecule has 0 aromatic carbocycles. The van der Waals surface area contributed by atoms with Crippen LogP contribution in [0, 0.1) is 12.8 Å². The Morgan fingerprint density at radius 2 is 2.30 bits per heavy atom. The summed E-state index contributed by atoms with van der Waals surface area (Å²) in [7, 11) is 0. The van der Waals surface area contributed by atoms with Crippen molar-refractivity contribution in [3.8, 4) is 0 Å². The number of nitrogens with zero attached hydrogens (tertiary/aromatic N) is 1. The van der Waals surface area contributed by atoms with Crippen LogP contribution in [0.5, 0.6) is 0 Å². The molecular formula is C15H22N2O2S. The number of aryl methyl sites for hydroxylation is 1. The summed E-state index contributed by atoms with van der Waals surface area (Å²) in [4.78, 5) is 16.4. The molecule has 0 spiro atoms. The maximum atomic E-state index is 12.0. The van der Waals surface area contributed by atoms with Gasteiger partial charge in [0.1, 0.15) is 6.17 Å². The zero-order chi connectivity index (χ0) is 13.9. The van der Waals surface area contributed by atoms with Crippen LogP contribution in [0.25, 0.3) is 0 Å². The number of thiophene rings is 1. The molecule has 4 nitrogen and oxygen atoms in total. The first-order valence-corrected chi connectivity index (χ1v) is 8.22. The predicted octanol–water partition coefficient (Wildman–Crippen LogP) is 2.30. The van der Waals surface area contributed by atoms with E-state index in [0.717, 1.165) is 32.1 Å². The molecule has 20 heavy (non-hydrogen) atoms. The third kappa shape index (κ3) is 3.40. The molecule has 1 unspecified atom stereocenters. The highest BCUT2D eigenvalue weighted by atomic mass is 32.1. The van der Waals surface area contributed by atoms with E-state index in [1.807, 2.05) is 4.90 Å². The molecule has 1 aliphatic carbocycles. The molecule has 1 N–H and O–H groups in total. The van der Waals surface area contributed by atoms with E-state index in [0.29, 0.717) is 6.54 Å². The van der Waals surface area contributed by atoms with Crippen LogP contribution in [-0.4, -0.2) is 37.1 Å². The fraction of sp³-hybridized carbons (Fsp3) is 0.667. The Balaban J connectivity index is 1.48. The minimum Gasteiger partial charge on any atom is -0.381 e. The molecule has 1 aliphatic heterocycles. The van der Waals surface area contributed by atoms with E-state index in [2.05, 4.69) is 24.4 Å². The minimum atomic E-state index is 0.0598. The van der Waals surface area contributed by atoms with Crippen molar-refractivity contribution in [1.82, 2.24) is 10.2 Å². The van der Waals surface area contributed by atoms with Crippen molar-refractivity contribution in [2.75, 3.05) is 26.3 Å². The van der Waals surface area contributed by atoms with E-state index >= 15 is 0 Å². The van der Waals surface area contributed by atoms with Gasteiger partial charge in [-0.2, -0.15) is 0 Å². The first-order chi connectivity index (χ1) is 9.74. The second-order valence-corrected chi connectivity index (χ2v) is 7.01. The molecule has 1 saturated heterocycles. The summed E-state index contributed by atoms with van der Waals surface area (Å²) in [6.45, 7) is 4.99. The molecule has 1 aromatic rings. The fourth-order valence-electron chi connectivity index (χ4n) is 2.52. The standard InChI is InChI=1S/C15H22N2O2S/c1-11-3-6-13(20-11)15-16-9-14(18)17(15)7-2-8-19-10-12-4-5-12/h3,6,12,15-16H,2,4-5,7-10H2,1H3. The van der Waals surface area contributed by atoms with Gasteiger partial charge in [-0.25, -0.2) is 0 Å². The summed E-state index contributed by atoms with van der Waals surface area (Å²) in [5.74, 6) is 1.01. The van der Waals surface area contributed by atoms with Crippen LogP contribution in [0.1, 0.15) is 35.2 Å². The monoisotopic (exact) mass is 294 g/mol. The molecule has 5 heteroatoms. The quantitative estimate of drug-likeness (QED) is 0.785. The van der Waals surface area contributed by atoms with Gasteiger partial charge >= 0.3 is 0 Å². The van der Waals surface area contributed by atoms with Gasteiger partial charge in [-0.15, -0.1) is 11.3 Å². The number of hydrogen-bond acceptors (Lipinski definition) is 4. The average Bonchev–Trinajstić information content (AvgIpc) is 3.05. The molecule has 2 heterocycles. The molecule has 110 valence electrons. The Labute approximate surface area is 124 Å². The first-order valence-electron chi connectivity index (χ1n) is 7.41. The van der Waals surface area contributed by atoms with Crippen molar-refractivity contribution in [3.63, 3.8) is 0 Å². The first kappa shape index (κ1) is 14.0. The molecule has 1 saturated carbocycles. The number of amides is 1. The summed E-state index contributed by atoms with van der Waals surface area (Å²) in [5.41, 5.74) is 0. The van der Waals surface area contributed by atoms with Crippen molar-refractivity contribution < 1.29 is 9.53 Å². The van der Waals surface area contributed by atoms with Gasteiger partial charge in [-0.1, -0.05) is 0 Å². The molecule has 1 amide bonds. The number of carbonyl (C=O) groups excluding carboxylic acids is 1. The molecule has 0 radical (unpaired) electrons. The Bertz CT molecular complexity index is 470. The zero-order valence-electron chi connectivity index (χ0n) is 11.9. The molecule has 2 aliphatic rings. The molecule has 3 rings (SSSR count). The normalized spacial score (nSPS) is 22.8.